The Morgan fingerprint density at radius 3 is 2.04 bits per heavy atom. The monoisotopic (exact) mass is 355 g/mol. The summed E-state index contributed by atoms with van der Waals surface area (Å²) in [5.41, 5.74) is 9.22. The molecule has 0 fully saturated rings. The Bertz CT molecular complexity index is 628. The number of hydrogen-bond donors (Lipinski definition) is 1. The van der Waals surface area contributed by atoms with Crippen LogP contribution in [-0.2, 0) is 12.8 Å². The molecule has 0 bridgehead atoms. The third kappa shape index (κ3) is 5.31. The molecule has 0 radical (unpaired) electrons. The average Bonchev–Trinajstić information content (AvgIpc) is 2.50. The standard InChI is InChI=1S/C18H22ClNO2.ClH/c1-12(20)8-14-10-18(22-3)15(11-17(14)21-2)9-13-4-6-16(19)7-5-13;/h4-7,10-12H,8-9,20H2,1-3H3;1H/t12-;/m1./s1. The third-order valence-corrected chi connectivity index (χ3v) is 3.79. The molecular weight excluding hydrogens is 333 g/mol. The Hall–Kier alpha value is -1.42. The zero-order valence-electron chi connectivity index (χ0n) is 13.6. The van der Waals surface area contributed by atoms with E-state index >= 15 is 0 Å². The van der Waals surface area contributed by atoms with Gasteiger partial charge in [0, 0.05) is 23.0 Å². The van der Waals surface area contributed by atoms with Gasteiger partial charge in [0.1, 0.15) is 11.5 Å². The Morgan fingerprint density at radius 2 is 1.52 bits per heavy atom. The second kappa shape index (κ2) is 9.02. The third-order valence-electron chi connectivity index (χ3n) is 3.53. The van der Waals surface area contributed by atoms with E-state index in [0.29, 0.717) is 0 Å². The van der Waals surface area contributed by atoms with Gasteiger partial charge in [-0.3, -0.25) is 0 Å². The lowest BCUT2D eigenvalue weighted by Crippen LogP contribution is -2.18. The number of nitrogens with two attached hydrogens (primary N) is 1. The summed E-state index contributed by atoms with van der Waals surface area (Å²) in [5.74, 6) is 1.70. The van der Waals surface area contributed by atoms with Gasteiger partial charge in [0.25, 0.3) is 0 Å². The van der Waals surface area contributed by atoms with Crippen molar-refractivity contribution in [3.63, 3.8) is 0 Å². The highest BCUT2D eigenvalue weighted by Gasteiger charge is 2.13. The van der Waals surface area contributed by atoms with Gasteiger partial charge in [-0.05, 0) is 48.7 Å². The first-order valence-corrected chi connectivity index (χ1v) is 7.65. The summed E-state index contributed by atoms with van der Waals surface area (Å²) in [6.07, 6.45) is 1.51. The van der Waals surface area contributed by atoms with Crippen LogP contribution in [0.2, 0.25) is 5.02 Å². The molecule has 2 N–H and O–H groups in total. The Kier molecular flexibility index (Phi) is 7.69. The van der Waals surface area contributed by atoms with E-state index in [9.17, 15) is 0 Å². The van der Waals surface area contributed by atoms with E-state index in [1.807, 2.05) is 43.3 Å². The summed E-state index contributed by atoms with van der Waals surface area (Å²) in [5, 5.41) is 0.737. The molecule has 23 heavy (non-hydrogen) atoms. The predicted molar refractivity (Wildman–Crippen MR) is 98.4 cm³/mol. The molecule has 0 saturated carbocycles. The minimum Gasteiger partial charge on any atom is -0.496 e. The highest BCUT2D eigenvalue weighted by Crippen LogP contribution is 2.31. The Balaban J connectivity index is 0.00000264. The first-order chi connectivity index (χ1) is 10.5. The quantitative estimate of drug-likeness (QED) is 0.841. The molecule has 3 nitrogen and oxygen atoms in total. The van der Waals surface area contributed by atoms with E-state index in [0.717, 1.165) is 40.5 Å². The Labute approximate surface area is 149 Å². The molecule has 2 aromatic carbocycles. The molecule has 2 aromatic rings. The van der Waals surface area contributed by atoms with Gasteiger partial charge in [0.05, 0.1) is 14.2 Å². The summed E-state index contributed by atoms with van der Waals surface area (Å²) in [6.45, 7) is 1.98. The first-order valence-electron chi connectivity index (χ1n) is 7.27. The minimum atomic E-state index is 0. The summed E-state index contributed by atoms with van der Waals surface area (Å²) < 4.78 is 11.1. The van der Waals surface area contributed by atoms with Gasteiger partial charge in [-0.1, -0.05) is 23.7 Å². The van der Waals surface area contributed by atoms with Crippen LogP contribution in [0.3, 0.4) is 0 Å². The molecule has 0 saturated heterocycles. The SMILES string of the molecule is COc1cc(C[C@@H](C)N)c(OC)cc1Cc1ccc(Cl)cc1.Cl. The normalized spacial score (nSPS) is 11.5. The van der Waals surface area contributed by atoms with E-state index < -0.39 is 0 Å². The fourth-order valence-electron chi connectivity index (χ4n) is 2.49. The van der Waals surface area contributed by atoms with Crippen LogP contribution < -0.4 is 15.2 Å². The molecule has 5 heteroatoms. The molecule has 0 spiro atoms. The minimum absolute atomic E-state index is 0. The molecule has 0 amide bonds. The number of rotatable bonds is 6. The number of hydrogen-bond acceptors (Lipinski definition) is 3. The summed E-state index contributed by atoms with van der Waals surface area (Å²) in [4.78, 5) is 0. The largest absolute Gasteiger partial charge is 0.496 e. The lowest BCUT2D eigenvalue weighted by atomic mass is 9.99. The molecule has 0 aliphatic heterocycles. The van der Waals surface area contributed by atoms with Gasteiger partial charge in [0.2, 0.25) is 0 Å². The van der Waals surface area contributed by atoms with Crippen molar-refractivity contribution in [1.82, 2.24) is 0 Å². The average molecular weight is 356 g/mol. The maximum atomic E-state index is 5.93. The summed E-state index contributed by atoms with van der Waals surface area (Å²) >= 11 is 5.93. The van der Waals surface area contributed by atoms with Crippen LogP contribution in [0, 0.1) is 0 Å². The second-order valence-electron chi connectivity index (χ2n) is 5.46. The zero-order valence-corrected chi connectivity index (χ0v) is 15.2. The van der Waals surface area contributed by atoms with Gasteiger partial charge in [-0.15, -0.1) is 12.4 Å². The molecule has 0 unspecified atom stereocenters. The number of benzene rings is 2. The van der Waals surface area contributed by atoms with Crippen molar-refractivity contribution in [2.24, 2.45) is 5.73 Å². The highest BCUT2D eigenvalue weighted by molar-refractivity contribution is 6.30. The van der Waals surface area contributed by atoms with E-state index in [-0.39, 0.29) is 18.4 Å². The molecular formula is C18H23Cl2NO2. The van der Waals surface area contributed by atoms with E-state index in [1.165, 1.54) is 5.56 Å². The van der Waals surface area contributed by atoms with Gasteiger partial charge < -0.3 is 15.2 Å². The van der Waals surface area contributed by atoms with E-state index in [4.69, 9.17) is 26.8 Å². The van der Waals surface area contributed by atoms with Crippen LogP contribution in [-0.4, -0.2) is 20.3 Å². The van der Waals surface area contributed by atoms with E-state index in [2.05, 4.69) is 0 Å². The van der Waals surface area contributed by atoms with Crippen LogP contribution in [0.1, 0.15) is 23.6 Å². The number of halogens is 2. The maximum absolute atomic E-state index is 5.93. The smallest absolute Gasteiger partial charge is 0.122 e. The van der Waals surface area contributed by atoms with Crippen molar-refractivity contribution in [2.45, 2.75) is 25.8 Å². The topological polar surface area (TPSA) is 44.5 Å². The molecule has 1 atom stereocenters. The fourth-order valence-corrected chi connectivity index (χ4v) is 2.62. The highest BCUT2D eigenvalue weighted by atomic mass is 35.5. The van der Waals surface area contributed by atoms with Crippen LogP contribution >= 0.6 is 24.0 Å². The molecule has 0 aliphatic rings. The van der Waals surface area contributed by atoms with E-state index in [1.54, 1.807) is 14.2 Å². The number of ether oxygens (including phenoxy) is 2. The number of methoxy groups -OCH3 is 2. The molecule has 2 rings (SSSR count). The van der Waals surface area contributed by atoms with Gasteiger partial charge >= 0.3 is 0 Å². The first kappa shape index (κ1) is 19.6. The molecule has 0 aliphatic carbocycles. The van der Waals surface area contributed by atoms with Crippen molar-refractivity contribution in [2.75, 3.05) is 14.2 Å². The molecule has 0 heterocycles. The molecule has 126 valence electrons. The summed E-state index contributed by atoms with van der Waals surface area (Å²) in [6, 6.07) is 11.9. The van der Waals surface area contributed by atoms with Gasteiger partial charge in [-0.2, -0.15) is 0 Å². The molecule has 0 aromatic heterocycles. The van der Waals surface area contributed by atoms with Crippen LogP contribution in [0.5, 0.6) is 11.5 Å². The fraction of sp³-hybridized carbons (Fsp3) is 0.333. The van der Waals surface area contributed by atoms with Crippen LogP contribution in [0.15, 0.2) is 36.4 Å². The van der Waals surface area contributed by atoms with Crippen molar-refractivity contribution in [1.29, 1.82) is 0 Å². The van der Waals surface area contributed by atoms with Crippen molar-refractivity contribution < 1.29 is 9.47 Å². The van der Waals surface area contributed by atoms with Crippen molar-refractivity contribution in [3.05, 3.63) is 58.1 Å². The maximum Gasteiger partial charge on any atom is 0.122 e. The lowest BCUT2D eigenvalue weighted by Gasteiger charge is -2.16. The van der Waals surface area contributed by atoms with Crippen LogP contribution in [0.4, 0.5) is 0 Å². The second-order valence-corrected chi connectivity index (χ2v) is 5.90. The Morgan fingerprint density at radius 1 is 1.00 bits per heavy atom. The van der Waals surface area contributed by atoms with Gasteiger partial charge in [-0.25, -0.2) is 0 Å². The van der Waals surface area contributed by atoms with Crippen molar-refractivity contribution in [3.8, 4) is 11.5 Å². The van der Waals surface area contributed by atoms with Crippen LogP contribution in [0.25, 0.3) is 0 Å². The van der Waals surface area contributed by atoms with Crippen molar-refractivity contribution >= 4 is 24.0 Å². The van der Waals surface area contributed by atoms with Gasteiger partial charge in [0.15, 0.2) is 0 Å². The zero-order chi connectivity index (χ0) is 16.1. The predicted octanol–water partition coefficient (Wildman–Crippen LogP) is 4.26. The lowest BCUT2D eigenvalue weighted by molar-refractivity contribution is 0.394. The summed E-state index contributed by atoms with van der Waals surface area (Å²) in [7, 11) is 3.36.